The van der Waals surface area contributed by atoms with Crippen LogP contribution in [0.2, 0.25) is 0 Å². The third-order valence-electron chi connectivity index (χ3n) is 5.59. The van der Waals surface area contributed by atoms with Gasteiger partial charge in [-0.05, 0) is 38.3 Å². The molecule has 1 aromatic carbocycles. The summed E-state index contributed by atoms with van der Waals surface area (Å²) >= 11 is 0. The minimum Gasteiger partial charge on any atom is -0.497 e. The van der Waals surface area contributed by atoms with Crippen LogP contribution in [0, 0.1) is 6.92 Å². The van der Waals surface area contributed by atoms with E-state index in [0.29, 0.717) is 63.5 Å². The standard InChI is InChI=1S/C20H29N3O6S/c1-4-29-20(25)22-12-10-21(11-13-22)19(24)17-6-5-9-23(17)30(26,27)18-14-16(28-3)8-7-15(18)2/h7-8,14,17H,4-6,9-13H2,1-3H3/t17-/m0/s1. The van der Waals surface area contributed by atoms with Crippen molar-refractivity contribution in [3.8, 4) is 5.75 Å². The van der Waals surface area contributed by atoms with Gasteiger partial charge in [0.25, 0.3) is 0 Å². The number of rotatable bonds is 5. The van der Waals surface area contributed by atoms with Crippen molar-refractivity contribution in [1.29, 1.82) is 0 Å². The molecular formula is C20H29N3O6S. The van der Waals surface area contributed by atoms with Crippen LogP contribution >= 0.6 is 0 Å². The molecule has 2 heterocycles. The van der Waals surface area contributed by atoms with E-state index in [9.17, 15) is 18.0 Å². The molecule has 1 aromatic rings. The second-order valence-electron chi connectivity index (χ2n) is 7.42. The molecule has 0 bridgehead atoms. The second-order valence-corrected chi connectivity index (χ2v) is 9.28. The highest BCUT2D eigenvalue weighted by Crippen LogP contribution is 2.31. The molecule has 0 spiro atoms. The molecule has 0 aromatic heterocycles. The number of ether oxygens (including phenoxy) is 2. The molecule has 1 atom stereocenters. The lowest BCUT2D eigenvalue weighted by Crippen LogP contribution is -2.55. The zero-order chi connectivity index (χ0) is 21.9. The van der Waals surface area contributed by atoms with Crippen LogP contribution in [0.15, 0.2) is 23.1 Å². The maximum Gasteiger partial charge on any atom is 0.409 e. The largest absolute Gasteiger partial charge is 0.497 e. The molecule has 0 radical (unpaired) electrons. The van der Waals surface area contributed by atoms with Crippen LogP contribution in [0.3, 0.4) is 0 Å². The molecule has 0 N–H and O–H groups in total. The lowest BCUT2D eigenvalue weighted by Gasteiger charge is -2.36. The number of carbonyl (C=O) groups is 2. The normalized spacial score (nSPS) is 20.3. The number of benzene rings is 1. The van der Waals surface area contributed by atoms with Gasteiger partial charge in [0.05, 0.1) is 18.6 Å². The zero-order valence-corrected chi connectivity index (χ0v) is 18.5. The summed E-state index contributed by atoms with van der Waals surface area (Å²) < 4.78 is 38.2. The van der Waals surface area contributed by atoms with Gasteiger partial charge in [-0.15, -0.1) is 0 Å². The van der Waals surface area contributed by atoms with Crippen molar-refractivity contribution < 1.29 is 27.5 Å². The van der Waals surface area contributed by atoms with Crippen molar-refractivity contribution >= 4 is 22.0 Å². The zero-order valence-electron chi connectivity index (χ0n) is 17.7. The van der Waals surface area contributed by atoms with E-state index in [4.69, 9.17) is 9.47 Å². The molecule has 2 amide bonds. The average molecular weight is 440 g/mol. The Bertz CT molecular complexity index is 896. The Morgan fingerprint density at radius 1 is 1.10 bits per heavy atom. The molecule has 0 unspecified atom stereocenters. The molecule has 166 valence electrons. The van der Waals surface area contributed by atoms with E-state index in [2.05, 4.69) is 0 Å². The molecule has 2 aliphatic heterocycles. The van der Waals surface area contributed by atoms with Crippen LogP contribution in [-0.4, -0.2) is 87.0 Å². The number of methoxy groups -OCH3 is 1. The van der Waals surface area contributed by atoms with Crippen molar-refractivity contribution in [2.24, 2.45) is 0 Å². The van der Waals surface area contributed by atoms with Gasteiger partial charge in [0, 0.05) is 38.8 Å². The summed E-state index contributed by atoms with van der Waals surface area (Å²) in [5.41, 5.74) is 0.608. The fraction of sp³-hybridized carbons (Fsp3) is 0.600. The van der Waals surface area contributed by atoms with Gasteiger partial charge in [-0.3, -0.25) is 4.79 Å². The lowest BCUT2D eigenvalue weighted by molar-refractivity contribution is -0.136. The van der Waals surface area contributed by atoms with Crippen molar-refractivity contribution in [2.45, 2.75) is 37.6 Å². The number of piperazine rings is 1. The SMILES string of the molecule is CCOC(=O)N1CCN(C(=O)[C@@H]2CCCN2S(=O)(=O)c2cc(OC)ccc2C)CC1. The van der Waals surface area contributed by atoms with E-state index >= 15 is 0 Å². The predicted molar refractivity (Wildman–Crippen MR) is 110 cm³/mol. The summed E-state index contributed by atoms with van der Waals surface area (Å²) in [4.78, 5) is 28.4. The van der Waals surface area contributed by atoms with Crippen LogP contribution in [0.25, 0.3) is 0 Å². The smallest absolute Gasteiger partial charge is 0.409 e. The highest BCUT2D eigenvalue weighted by atomic mass is 32.2. The van der Waals surface area contributed by atoms with E-state index in [1.807, 2.05) is 0 Å². The molecule has 0 aliphatic carbocycles. The summed E-state index contributed by atoms with van der Waals surface area (Å²) in [5, 5.41) is 0. The van der Waals surface area contributed by atoms with Gasteiger partial charge in [-0.2, -0.15) is 4.31 Å². The Labute approximate surface area is 177 Å². The van der Waals surface area contributed by atoms with Gasteiger partial charge in [-0.25, -0.2) is 13.2 Å². The number of nitrogens with zero attached hydrogens (tertiary/aromatic N) is 3. The molecule has 0 saturated carbocycles. The number of sulfonamides is 1. The summed E-state index contributed by atoms with van der Waals surface area (Å²) in [6.07, 6.45) is 0.726. The van der Waals surface area contributed by atoms with Gasteiger partial charge >= 0.3 is 6.09 Å². The summed E-state index contributed by atoms with van der Waals surface area (Å²) in [6.45, 7) is 5.55. The average Bonchev–Trinajstić information content (AvgIpc) is 3.24. The highest BCUT2D eigenvalue weighted by molar-refractivity contribution is 7.89. The number of aryl methyl sites for hydroxylation is 1. The van der Waals surface area contributed by atoms with Crippen molar-refractivity contribution in [1.82, 2.24) is 14.1 Å². The minimum atomic E-state index is -3.85. The Balaban J connectivity index is 1.74. The maximum atomic E-state index is 13.4. The van der Waals surface area contributed by atoms with Crippen molar-refractivity contribution in [3.05, 3.63) is 23.8 Å². The van der Waals surface area contributed by atoms with Crippen LogP contribution in [0.1, 0.15) is 25.3 Å². The Morgan fingerprint density at radius 2 is 1.77 bits per heavy atom. The van der Waals surface area contributed by atoms with Crippen LogP contribution in [0.4, 0.5) is 4.79 Å². The topological polar surface area (TPSA) is 96.5 Å². The first-order valence-electron chi connectivity index (χ1n) is 10.2. The molecule has 2 saturated heterocycles. The molecule has 10 heteroatoms. The highest BCUT2D eigenvalue weighted by Gasteiger charge is 2.42. The molecule has 2 aliphatic rings. The fourth-order valence-corrected chi connectivity index (χ4v) is 5.81. The number of carbonyl (C=O) groups excluding carboxylic acids is 2. The summed E-state index contributed by atoms with van der Waals surface area (Å²) in [7, 11) is -2.36. The summed E-state index contributed by atoms with van der Waals surface area (Å²) in [6, 6.07) is 4.19. The number of hydrogen-bond acceptors (Lipinski definition) is 6. The van der Waals surface area contributed by atoms with Gasteiger partial charge in [0.2, 0.25) is 15.9 Å². The molecular weight excluding hydrogens is 410 g/mol. The van der Waals surface area contributed by atoms with E-state index in [-0.39, 0.29) is 16.9 Å². The third kappa shape index (κ3) is 4.39. The predicted octanol–water partition coefficient (Wildman–Crippen LogP) is 1.46. The molecule has 30 heavy (non-hydrogen) atoms. The van der Waals surface area contributed by atoms with Gasteiger partial charge in [0.15, 0.2) is 0 Å². The molecule has 2 fully saturated rings. The van der Waals surface area contributed by atoms with Crippen LogP contribution in [0.5, 0.6) is 5.75 Å². The van der Waals surface area contributed by atoms with Crippen LogP contribution in [-0.2, 0) is 19.6 Å². The Morgan fingerprint density at radius 3 is 2.40 bits per heavy atom. The van der Waals surface area contributed by atoms with E-state index in [1.54, 1.807) is 35.8 Å². The maximum absolute atomic E-state index is 13.4. The van der Waals surface area contributed by atoms with E-state index in [1.165, 1.54) is 17.5 Å². The van der Waals surface area contributed by atoms with Crippen molar-refractivity contribution in [2.75, 3.05) is 46.4 Å². The van der Waals surface area contributed by atoms with Gasteiger partial charge in [-0.1, -0.05) is 6.07 Å². The van der Waals surface area contributed by atoms with Gasteiger partial charge < -0.3 is 19.3 Å². The Kier molecular flexibility index (Phi) is 6.87. The second kappa shape index (κ2) is 9.22. The number of amides is 2. The fourth-order valence-electron chi connectivity index (χ4n) is 3.92. The van der Waals surface area contributed by atoms with Crippen LogP contribution < -0.4 is 4.74 Å². The molecule has 9 nitrogen and oxygen atoms in total. The first-order chi connectivity index (χ1) is 14.3. The monoisotopic (exact) mass is 439 g/mol. The first kappa shape index (κ1) is 22.4. The number of hydrogen-bond donors (Lipinski definition) is 0. The minimum absolute atomic E-state index is 0.161. The quantitative estimate of drug-likeness (QED) is 0.689. The lowest BCUT2D eigenvalue weighted by atomic mass is 10.2. The first-order valence-corrected chi connectivity index (χ1v) is 11.6. The summed E-state index contributed by atoms with van der Waals surface area (Å²) in [5.74, 6) is 0.247. The van der Waals surface area contributed by atoms with E-state index < -0.39 is 16.1 Å². The van der Waals surface area contributed by atoms with Gasteiger partial charge in [0.1, 0.15) is 11.8 Å². The Hall–Kier alpha value is -2.33. The third-order valence-corrected chi connectivity index (χ3v) is 7.64. The van der Waals surface area contributed by atoms with E-state index in [0.717, 1.165) is 0 Å². The molecule has 3 rings (SSSR count). The van der Waals surface area contributed by atoms with Crippen molar-refractivity contribution in [3.63, 3.8) is 0 Å².